The highest BCUT2D eigenvalue weighted by Crippen LogP contribution is 2.28. The van der Waals surface area contributed by atoms with Crippen LogP contribution in [0.5, 0.6) is 0 Å². The van der Waals surface area contributed by atoms with Crippen LogP contribution < -0.4 is 10.6 Å². The summed E-state index contributed by atoms with van der Waals surface area (Å²) in [6.07, 6.45) is -0.591. The number of hydrogen-bond acceptors (Lipinski definition) is 3. The van der Waals surface area contributed by atoms with Gasteiger partial charge >= 0.3 is 12.0 Å². The van der Waals surface area contributed by atoms with Crippen molar-refractivity contribution in [1.82, 2.24) is 10.6 Å². The van der Waals surface area contributed by atoms with E-state index < -0.39 is 18.1 Å². The van der Waals surface area contributed by atoms with Crippen LogP contribution in [0, 0.1) is 5.92 Å². The maximum absolute atomic E-state index is 11.0. The fourth-order valence-corrected chi connectivity index (χ4v) is 1.02. The second-order valence-corrected chi connectivity index (χ2v) is 3.53. The molecule has 6 heteroatoms. The summed E-state index contributed by atoms with van der Waals surface area (Å²) in [6.45, 7) is 1.74. The van der Waals surface area contributed by atoms with Gasteiger partial charge in [0.15, 0.2) is 6.10 Å². The molecule has 0 spiro atoms. The SMILES string of the molecule is CC1CC1NC(=O)NC[C@H](O)C(=O)O. The largest absolute Gasteiger partial charge is 0.479 e. The van der Waals surface area contributed by atoms with Crippen LogP contribution in [0.4, 0.5) is 4.79 Å². The third-order valence-corrected chi connectivity index (χ3v) is 2.17. The lowest BCUT2D eigenvalue weighted by Gasteiger charge is -2.08. The standard InChI is InChI=1S/C8H14N2O4/c1-4-2-5(4)10-8(14)9-3-6(11)7(12)13/h4-6,11H,2-3H2,1H3,(H,12,13)(H2,9,10,14)/t4?,5?,6-/m0/s1. The van der Waals surface area contributed by atoms with Crippen LogP contribution in [-0.4, -0.2) is 40.9 Å². The summed E-state index contributed by atoms with van der Waals surface area (Å²) in [6, 6.07) is -0.239. The molecule has 0 aromatic carbocycles. The first kappa shape index (κ1) is 10.8. The highest BCUT2D eigenvalue weighted by atomic mass is 16.4. The van der Waals surface area contributed by atoms with E-state index in [9.17, 15) is 9.59 Å². The van der Waals surface area contributed by atoms with Crippen molar-refractivity contribution in [2.45, 2.75) is 25.5 Å². The molecule has 0 aromatic heterocycles. The number of urea groups is 1. The molecule has 0 bridgehead atoms. The maximum Gasteiger partial charge on any atom is 0.334 e. The van der Waals surface area contributed by atoms with E-state index in [2.05, 4.69) is 10.6 Å². The third-order valence-electron chi connectivity index (χ3n) is 2.17. The number of carboxylic acids is 1. The van der Waals surface area contributed by atoms with Crippen LogP contribution in [0.2, 0.25) is 0 Å². The highest BCUT2D eigenvalue weighted by Gasteiger charge is 2.33. The molecule has 1 aliphatic carbocycles. The van der Waals surface area contributed by atoms with Crippen LogP contribution in [0.25, 0.3) is 0 Å². The van der Waals surface area contributed by atoms with Crippen LogP contribution >= 0.6 is 0 Å². The number of rotatable bonds is 4. The minimum atomic E-state index is -1.54. The summed E-state index contributed by atoms with van der Waals surface area (Å²) in [5.74, 6) is -0.852. The molecule has 4 N–H and O–H groups in total. The van der Waals surface area contributed by atoms with Crippen LogP contribution in [-0.2, 0) is 4.79 Å². The molecule has 2 amide bonds. The fraction of sp³-hybridized carbons (Fsp3) is 0.750. The van der Waals surface area contributed by atoms with Gasteiger partial charge in [-0.2, -0.15) is 0 Å². The number of amides is 2. The predicted octanol–water partition coefficient (Wildman–Crippen LogP) is -0.861. The van der Waals surface area contributed by atoms with Crippen molar-refractivity contribution in [1.29, 1.82) is 0 Å². The van der Waals surface area contributed by atoms with E-state index in [1.54, 1.807) is 0 Å². The first-order valence-corrected chi connectivity index (χ1v) is 4.46. The van der Waals surface area contributed by atoms with E-state index >= 15 is 0 Å². The number of aliphatic hydroxyl groups is 1. The number of carboxylic acid groups (broad SMARTS) is 1. The Labute approximate surface area is 81.3 Å². The Balaban J connectivity index is 2.11. The van der Waals surface area contributed by atoms with Gasteiger partial charge in [-0.15, -0.1) is 0 Å². The third kappa shape index (κ3) is 3.21. The fourth-order valence-electron chi connectivity index (χ4n) is 1.02. The van der Waals surface area contributed by atoms with E-state index in [-0.39, 0.29) is 12.6 Å². The Morgan fingerprint density at radius 3 is 2.57 bits per heavy atom. The van der Waals surface area contributed by atoms with Crippen molar-refractivity contribution in [2.24, 2.45) is 5.92 Å². The number of carbonyl (C=O) groups is 2. The van der Waals surface area contributed by atoms with Gasteiger partial charge < -0.3 is 20.8 Å². The van der Waals surface area contributed by atoms with Crippen molar-refractivity contribution >= 4 is 12.0 Å². The van der Waals surface area contributed by atoms with E-state index in [1.807, 2.05) is 6.92 Å². The minimum absolute atomic E-state index is 0.192. The Bertz CT molecular complexity index is 243. The topological polar surface area (TPSA) is 98.7 Å². The minimum Gasteiger partial charge on any atom is -0.479 e. The predicted molar refractivity (Wildman–Crippen MR) is 47.7 cm³/mol. The summed E-state index contributed by atoms with van der Waals surface area (Å²) in [4.78, 5) is 21.2. The number of carbonyl (C=O) groups excluding carboxylic acids is 1. The van der Waals surface area contributed by atoms with Gasteiger partial charge in [0, 0.05) is 6.04 Å². The zero-order chi connectivity index (χ0) is 10.7. The molecule has 2 unspecified atom stereocenters. The summed E-state index contributed by atoms with van der Waals surface area (Å²) >= 11 is 0. The Kier molecular flexibility index (Phi) is 3.29. The van der Waals surface area contributed by atoms with Crippen molar-refractivity contribution in [3.63, 3.8) is 0 Å². The second kappa shape index (κ2) is 4.28. The van der Waals surface area contributed by atoms with Crippen LogP contribution in [0.1, 0.15) is 13.3 Å². The molecule has 0 aliphatic heterocycles. The zero-order valence-corrected chi connectivity index (χ0v) is 7.86. The molecule has 14 heavy (non-hydrogen) atoms. The molecular formula is C8H14N2O4. The Morgan fingerprint density at radius 1 is 1.57 bits per heavy atom. The monoisotopic (exact) mass is 202 g/mol. The number of nitrogens with one attached hydrogen (secondary N) is 2. The Morgan fingerprint density at radius 2 is 2.14 bits per heavy atom. The van der Waals surface area contributed by atoms with Gasteiger partial charge in [0.25, 0.3) is 0 Å². The lowest BCUT2D eigenvalue weighted by Crippen LogP contribution is -2.43. The molecule has 1 saturated carbocycles. The van der Waals surface area contributed by atoms with Crippen molar-refractivity contribution < 1.29 is 19.8 Å². The first-order valence-electron chi connectivity index (χ1n) is 4.46. The summed E-state index contributed by atoms with van der Waals surface area (Å²) in [7, 11) is 0. The molecule has 0 saturated heterocycles. The highest BCUT2D eigenvalue weighted by molar-refractivity contribution is 5.77. The van der Waals surface area contributed by atoms with E-state index in [0.717, 1.165) is 6.42 Å². The average molecular weight is 202 g/mol. The molecule has 1 rings (SSSR count). The number of hydrogen-bond donors (Lipinski definition) is 4. The van der Waals surface area contributed by atoms with E-state index in [0.29, 0.717) is 5.92 Å². The van der Waals surface area contributed by atoms with Gasteiger partial charge in [0.05, 0.1) is 6.54 Å². The van der Waals surface area contributed by atoms with E-state index in [4.69, 9.17) is 10.2 Å². The summed E-state index contributed by atoms with van der Waals surface area (Å²) in [5, 5.41) is 22.1. The van der Waals surface area contributed by atoms with Crippen LogP contribution in [0.3, 0.4) is 0 Å². The molecular weight excluding hydrogens is 188 g/mol. The van der Waals surface area contributed by atoms with E-state index in [1.165, 1.54) is 0 Å². The number of aliphatic hydroxyl groups excluding tert-OH is 1. The quantitative estimate of drug-likeness (QED) is 0.476. The van der Waals surface area contributed by atoms with Crippen molar-refractivity contribution in [3.05, 3.63) is 0 Å². The van der Waals surface area contributed by atoms with Gasteiger partial charge in [0.1, 0.15) is 0 Å². The van der Waals surface area contributed by atoms with Gasteiger partial charge in [0.2, 0.25) is 0 Å². The molecule has 0 radical (unpaired) electrons. The molecule has 80 valence electrons. The lowest BCUT2D eigenvalue weighted by atomic mass is 10.4. The average Bonchev–Trinajstić information content (AvgIpc) is 2.77. The van der Waals surface area contributed by atoms with Gasteiger partial charge in [-0.3, -0.25) is 0 Å². The van der Waals surface area contributed by atoms with Gasteiger partial charge in [-0.25, -0.2) is 9.59 Å². The smallest absolute Gasteiger partial charge is 0.334 e. The summed E-state index contributed by atoms with van der Waals surface area (Å²) < 4.78 is 0. The van der Waals surface area contributed by atoms with Gasteiger partial charge in [-0.1, -0.05) is 6.92 Å². The normalized spacial score (nSPS) is 26.4. The second-order valence-electron chi connectivity index (χ2n) is 3.53. The Hall–Kier alpha value is -1.30. The molecule has 0 heterocycles. The van der Waals surface area contributed by atoms with Gasteiger partial charge in [-0.05, 0) is 12.3 Å². The van der Waals surface area contributed by atoms with Crippen molar-refractivity contribution in [3.8, 4) is 0 Å². The molecule has 1 fully saturated rings. The molecule has 3 atom stereocenters. The first-order chi connectivity index (χ1) is 6.50. The van der Waals surface area contributed by atoms with Crippen molar-refractivity contribution in [2.75, 3.05) is 6.54 Å². The molecule has 6 nitrogen and oxygen atoms in total. The molecule has 0 aromatic rings. The maximum atomic E-state index is 11.0. The number of aliphatic carboxylic acids is 1. The summed E-state index contributed by atoms with van der Waals surface area (Å²) in [5.41, 5.74) is 0. The lowest BCUT2D eigenvalue weighted by molar-refractivity contribution is -0.146. The van der Waals surface area contributed by atoms with Crippen LogP contribution in [0.15, 0.2) is 0 Å². The zero-order valence-electron chi connectivity index (χ0n) is 7.86. The molecule has 1 aliphatic rings.